The van der Waals surface area contributed by atoms with E-state index in [1.165, 1.54) is 19.3 Å². The number of alkyl halides is 1. The fourth-order valence-corrected chi connectivity index (χ4v) is 2.93. The summed E-state index contributed by atoms with van der Waals surface area (Å²) in [6.07, 6.45) is 3.76. The molecule has 0 N–H and O–H groups in total. The molecule has 0 bridgehead atoms. The van der Waals surface area contributed by atoms with Crippen molar-refractivity contribution < 1.29 is 4.74 Å². The van der Waals surface area contributed by atoms with Crippen molar-refractivity contribution in [2.24, 2.45) is 0 Å². The smallest absolute Gasteiger partial charge is 0.146 e. The van der Waals surface area contributed by atoms with Crippen LogP contribution < -0.4 is 9.75 Å². The lowest BCUT2D eigenvalue weighted by molar-refractivity contribution is 0.419. The summed E-state index contributed by atoms with van der Waals surface area (Å²) in [6, 6.07) is 6.02. The zero-order valence-electron chi connectivity index (χ0n) is 11.1. The van der Waals surface area contributed by atoms with Gasteiger partial charge in [0.15, 0.2) is 0 Å². The Kier molecular flexibility index (Phi) is 3.51. The van der Waals surface area contributed by atoms with Crippen molar-refractivity contribution >= 4 is 22.6 Å². The molecule has 3 rings (SSSR count). The molecular weight excluding hydrogens is 262 g/mol. The standard InChI is InChI=1S/C14H18ClN3O/c1-19-12-7-5-6-11-14(12)16-13(10-15)18(11)17-8-3-2-4-9-17/h5-7H,2-4,8-10H2,1H3. The number of piperidine rings is 1. The molecular formula is C14H18ClN3O. The Morgan fingerprint density at radius 1 is 1.26 bits per heavy atom. The number of aromatic nitrogens is 2. The largest absolute Gasteiger partial charge is 0.494 e. The molecule has 1 aromatic heterocycles. The Hall–Kier alpha value is -1.42. The van der Waals surface area contributed by atoms with Crippen LogP contribution in [0.1, 0.15) is 25.1 Å². The zero-order chi connectivity index (χ0) is 13.2. The van der Waals surface area contributed by atoms with Gasteiger partial charge in [0.05, 0.1) is 18.5 Å². The molecule has 1 aliphatic heterocycles. The number of halogens is 1. The molecule has 0 saturated carbocycles. The molecule has 2 heterocycles. The highest BCUT2D eigenvalue weighted by molar-refractivity contribution is 6.16. The molecule has 102 valence electrons. The summed E-state index contributed by atoms with van der Waals surface area (Å²) in [7, 11) is 1.68. The van der Waals surface area contributed by atoms with E-state index in [0.717, 1.165) is 35.7 Å². The highest BCUT2D eigenvalue weighted by Gasteiger charge is 2.19. The second kappa shape index (κ2) is 5.29. The minimum Gasteiger partial charge on any atom is -0.494 e. The van der Waals surface area contributed by atoms with E-state index in [4.69, 9.17) is 16.3 Å². The summed E-state index contributed by atoms with van der Waals surface area (Å²) in [6.45, 7) is 2.12. The average molecular weight is 280 g/mol. The molecule has 1 saturated heterocycles. The summed E-state index contributed by atoms with van der Waals surface area (Å²) in [4.78, 5) is 4.64. The molecule has 0 atom stereocenters. The van der Waals surface area contributed by atoms with Crippen molar-refractivity contribution in [2.75, 3.05) is 25.2 Å². The molecule has 1 aromatic carbocycles. The second-order valence-corrected chi connectivity index (χ2v) is 5.08. The predicted octanol–water partition coefficient (Wildman–Crippen LogP) is 2.91. The lowest BCUT2D eigenvalue weighted by atomic mass is 10.2. The summed E-state index contributed by atoms with van der Waals surface area (Å²) in [5.74, 6) is 2.11. The number of ether oxygens (including phenoxy) is 1. The average Bonchev–Trinajstić information content (AvgIpc) is 2.86. The van der Waals surface area contributed by atoms with Crippen LogP contribution in [-0.4, -0.2) is 29.9 Å². The van der Waals surface area contributed by atoms with Gasteiger partial charge in [-0.15, -0.1) is 11.6 Å². The van der Waals surface area contributed by atoms with Gasteiger partial charge in [-0.1, -0.05) is 6.07 Å². The molecule has 0 spiro atoms. The number of fused-ring (bicyclic) bond motifs is 1. The van der Waals surface area contributed by atoms with Gasteiger partial charge in [-0.25, -0.2) is 9.66 Å². The van der Waals surface area contributed by atoms with Crippen LogP contribution in [0.2, 0.25) is 0 Å². The monoisotopic (exact) mass is 279 g/mol. The molecule has 19 heavy (non-hydrogen) atoms. The number of para-hydroxylation sites is 1. The SMILES string of the molecule is COc1cccc2c1nc(CCl)n2N1CCCCC1. The zero-order valence-corrected chi connectivity index (χ0v) is 11.9. The van der Waals surface area contributed by atoms with Crippen molar-refractivity contribution in [3.05, 3.63) is 24.0 Å². The molecule has 0 radical (unpaired) electrons. The van der Waals surface area contributed by atoms with E-state index in [0.29, 0.717) is 5.88 Å². The molecule has 0 aliphatic carbocycles. The van der Waals surface area contributed by atoms with Crippen LogP contribution in [0.4, 0.5) is 0 Å². The van der Waals surface area contributed by atoms with E-state index >= 15 is 0 Å². The van der Waals surface area contributed by atoms with Crippen LogP contribution in [0.15, 0.2) is 18.2 Å². The maximum absolute atomic E-state index is 6.07. The topological polar surface area (TPSA) is 30.3 Å². The van der Waals surface area contributed by atoms with Crippen LogP contribution in [0.3, 0.4) is 0 Å². The van der Waals surface area contributed by atoms with Crippen LogP contribution in [0.25, 0.3) is 11.0 Å². The first kappa shape index (κ1) is 12.6. The third-order valence-electron chi connectivity index (χ3n) is 3.65. The number of benzene rings is 1. The van der Waals surface area contributed by atoms with E-state index in [2.05, 4.69) is 20.7 Å². The predicted molar refractivity (Wildman–Crippen MR) is 77.6 cm³/mol. The number of hydrogen-bond donors (Lipinski definition) is 0. The van der Waals surface area contributed by atoms with E-state index < -0.39 is 0 Å². The van der Waals surface area contributed by atoms with Gasteiger partial charge in [-0.2, -0.15) is 0 Å². The maximum Gasteiger partial charge on any atom is 0.146 e. The Morgan fingerprint density at radius 3 is 2.74 bits per heavy atom. The first-order valence-electron chi connectivity index (χ1n) is 6.70. The summed E-state index contributed by atoms with van der Waals surface area (Å²) in [5, 5.41) is 2.34. The fraction of sp³-hybridized carbons (Fsp3) is 0.500. The quantitative estimate of drug-likeness (QED) is 0.810. The summed E-state index contributed by atoms with van der Waals surface area (Å²) < 4.78 is 7.56. The molecule has 0 unspecified atom stereocenters. The van der Waals surface area contributed by atoms with Crippen LogP contribution in [0.5, 0.6) is 5.75 Å². The molecule has 4 nitrogen and oxygen atoms in total. The molecule has 2 aromatic rings. The van der Waals surface area contributed by atoms with E-state index in [-0.39, 0.29) is 0 Å². The number of rotatable bonds is 3. The van der Waals surface area contributed by atoms with Gasteiger partial charge in [0.2, 0.25) is 0 Å². The maximum atomic E-state index is 6.07. The van der Waals surface area contributed by atoms with Gasteiger partial charge in [-0.05, 0) is 31.4 Å². The van der Waals surface area contributed by atoms with E-state index in [1.54, 1.807) is 7.11 Å². The van der Waals surface area contributed by atoms with Crippen molar-refractivity contribution in [1.82, 2.24) is 9.66 Å². The van der Waals surface area contributed by atoms with Crippen LogP contribution >= 0.6 is 11.6 Å². The van der Waals surface area contributed by atoms with Crippen molar-refractivity contribution in [2.45, 2.75) is 25.1 Å². The Bertz CT molecular complexity index is 575. The normalized spacial score (nSPS) is 16.0. The van der Waals surface area contributed by atoms with Gasteiger partial charge >= 0.3 is 0 Å². The van der Waals surface area contributed by atoms with Crippen molar-refractivity contribution in [3.63, 3.8) is 0 Å². The van der Waals surface area contributed by atoms with Gasteiger partial charge < -0.3 is 9.75 Å². The lowest BCUT2D eigenvalue weighted by Crippen LogP contribution is -2.39. The third kappa shape index (κ3) is 2.14. The Morgan fingerprint density at radius 2 is 2.05 bits per heavy atom. The molecule has 1 fully saturated rings. The highest BCUT2D eigenvalue weighted by atomic mass is 35.5. The lowest BCUT2D eigenvalue weighted by Gasteiger charge is -2.31. The third-order valence-corrected chi connectivity index (χ3v) is 3.89. The Labute approximate surface area is 117 Å². The molecule has 0 amide bonds. The van der Waals surface area contributed by atoms with E-state index in [1.807, 2.05) is 12.1 Å². The van der Waals surface area contributed by atoms with Gasteiger partial charge in [0.1, 0.15) is 17.1 Å². The molecule has 5 heteroatoms. The van der Waals surface area contributed by atoms with Crippen molar-refractivity contribution in [3.8, 4) is 5.75 Å². The Balaban J connectivity index is 2.15. The summed E-state index contributed by atoms with van der Waals surface area (Å²) in [5.41, 5.74) is 1.98. The van der Waals surface area contributed by atoms with E-state index in [9.17, 15) is 0 Å². The number of imidazole rings is 1. The molecule has 1 aliphatic rings. The van der Waals surface area contributed by atoms with Crippen LogP contribution in [0, 0.1) is 0 Å². The second-order valence-electron chi connectivity index (χ2n) is 4.82. The summed E-state index contributed by atoms with van der Waals surface area (Å²) >= 11 is 6.07. The first-order valence-corrected chi connectivity index (χ1v) is 7.24. The number of methoxy groups -OCH3 is 1. The van der Waals surface area contributed by atoms with Gasteiger partial charge in [0.25, 0.3) is 0 Å². The van der Waals surface area contributed by atoms with Crippen LogP contribution in [-0.2, 0) is 5.88 Å². The highest BCUT2D eigenvalue weighted by Crippen LogP contribution is 2.27. The minimum atomic E-state index is 0.411. The number of nitrogens with zero attached hydrogens (tertiary/aromatic N) is 3. The minimum absolute atomic E-state index is 0.411. The van der Waals surface area contributed by atoms with Gasteiger partial charge in [0, 0.05) is 13.1 Å². The number of hydrogen-bond acceptors (Lipinski definition) is 3. The fourth-order valence-electron chi connectivity index (χ4n) is 2.75. The first-order chi connectivity index (χ1) is 9.35. The van der Waals surface area contributed by atoms with Crippen molar-refractivity contribution in [1.29, 1.82) is 0 Å². The van der Waals surface area contributed by atoms with Gasteiger partial charge in [-0.3, -0.25) is 0 Å².